The van der Waals surface area contributed by atoms with Gasteiger partial charge in [0.1, 0.15) is 0 Å². The van der Waals surface area contributed by atoms with Crippen molar-refractivity contribution in [2.75, 3.05) is 0 Å². The largest absolute Gasteiger partial charge is 0.334 e. The van der Waals surface area contributed by atoms with Crippen LogP contribution < -0.4 is 0 Å². The highest BCUT2D eigenvalue weighted by molar-refractivity contribution is 5.74. The lowest BCUT2D eigenvalue weighted by Crippen LogP contribution is -1.96. The maximum absolute atomic E-state index is 4.46. The van der Waals surface area contributed by atoms with Crippen molar-refractivity contribution in [1.29, 1.82) is 0 Å². The quantitative estimate of drug-likeness (QED) is 0.610. The van der Waals surface area contributed by atoms with E-state index in [0.29, 0.717) is 17.3 Å². The molecule has 6 nitrogen and oxygen atoms in total. The lowest BCUT2D eigenvalue weighted by atomic mass is 10.2. The summed E-state index contributed by atoms with van der Waals surface area (Å²) in [4.78, 5) is 11.9. The fourth-order valence-electron chi connectivity index (χ4n) is 2.32. The van der Waals surface area contributed by atoms with Gasteiger partial charge < -0.3 is 9.55 Å². The highest BCUT2D eigenvalue weighted by Gasteiger charge is 2.15. The second-order valence-corrected chi connectivity index (χ2v) is 4.73. The van der Waals surface area contributed by atoms with Gasteiger partial charge in [-0.3, -0.25) is 0 Å². The van der Waals surface area contributed by atoms with Crippen molar-refractivity contribution in [1.82, 2.24) is 29.7 Å². The Labute approximate surface area is 120 Å². The second-order valence-electron chi connectivity index (χ2n) is 4.73. The Morgan fingerprint density at radius 1 is 0.952 bits per heavy atom. The lowest BCUT2D eigenvalue weighted by molar-refractivity contribution is 0.919. The predicted molar refractivity (Wildman–Crippen MR) is 79.3 cm³/mol. The molecule has 21 heavy (non-hydrogen) atoms. The molecule has 0 atom stereocenters. The maximum Gasteiger partial charge on any atom is 0.199 e. The summed E-state index contributed by atoms with van der Waals surface area (Å²) in [6.07, 6.45) is 1.72. The van der Waals surface area contributed by atoms with E-state index >= 15 is 0 Å². The molecular weight excluding hydrogens is 264 g/mol. The van der Waals surface area contributed by atoms with E-state index < -0.39 is 0 Å². The monoisotopic (exact) mass is 276 g/mol. The van der Waals surface area contributed by atoms with E-state index in [0.717, 1.165) is 16.9 Å². The van der Waals surface area contributed by atoms with Crippen molar-refractivity contribution in [3.05, 3.63) is 48.7 Å². The Bertz CT molecular complexity index is 873. The number of nitrogens with zero attached hydrogens (tertiary/aromatic N) is 5. The fraction of sp³-hybridized carbons (Fsp3) is 0.0667. The van der Waals surface area contributed by atoms with Gasteiger partial charge in [0.15, 0.2) is 23.1 Å². The highest BCUT2D eigenvalue weighted by atomic mass is 15.3. The minimum Gasteiger partial charge on any atom is -0.334 e. The third-order valence-corrected chi connectivity index (χ3v) is 3.38. The van der Waals surface area contributed by atoms with Crippen molar-refractivity contribution in [3.63, 3.8) is 0 Å². The van der Waals surface area contributed by atoms with E-state index in [1.54, 1.807) is 6.20 Å². The number of imidazole rings is 1. The summed E-state index contributed by atoms with van der Waals surface area (Å²) in [5, 5.41) is 8.51. The van der Waals surface area contributed by atoms with Crippen LogP contribution in [-0.2, 0) is 7.05 Å². The molecule has 102 valence electrons. The number of hydrogen-bond donors (Lipinski definition) is 1. The van der Waals surface area contributed by atoms with Gasteiger partial charge in [-0.05, 0) is 12.1 Å². The van der Waals surface area contributed by atoms with Crippen LogP contribution in [0.25, 0.3) is 34.2 Å². The molecule has 0 unspecified atom stereocenters. The molecule has 0 radical (unpaired) electrons. The first kappa shape index (κ1) is 11.8. The number of H-pyrrole nitrogens is 1. The van der Waals surface area contributed by atoms with Gasteiger partial charge in [-0.15, -0.1) is 10.2 Å². The topological polar surface area (TPSA) is 72.3 Å². The standard InChI is InChI=1S/C15H12N6/c1-21-14(10-6-3-2-4-7-10)19-20-15(21)13-17-11-8-5-9-16-12(11)18-13/h2-9H,1H3,(H,16,17,18). The fourth-order valence-corrected chi connectivity index (χ4v) is 2.32. The van der Waals surface area contributed by atoms with Crippen molar-refractivity contribution in [3.8, 4) is 23.0 Å². The molecule has 3 heterocycles. The van der Waals surface area contributed by atoms with E-state index in [1.165, 1.54) is 0 Å². The summed E-state index contributed by atoms with van der Waals surface area (Å²) >= 11 is 0. The van der Waals surface area contributed by atoms with Gasteiger partial charge in [0.25, 0.3) is 0 Å². The third kappa shape index (κ3) is 1.88. The first-order chi connectivity index (χ1) is 10.3. The maximum atomic E-state index is 4.46. The normalized spacial score (nSPS) is 11.1. The van der Waals surface area contributed by atoms with E-state index in [9.17, 15) is 0 Å². The minimum absolute atomic E-state index is 0.667. The van der Waals surface area contributed by atoms with Gasteiger partial charge >= 0.3 is 0 Å². The number of hydrogen-bond acceptors (Lipinski definition) is 4. The zero-order chi connectivity index (χ0) is 14.2. The van der Waals surface area contributed by atoms with E-state index in [4.69, 9.17) is 0 Å². The Hall–Kier alpha value is -3.02. The van der Waals surface area contributed by atoms with Crippen LogP contribution in [0.4, 0.5) is 0 Å². The summed E-state index contributed by atoms with van der Waals surface area (Å²) in [7, 11) is 1.93. The summed E-state index contributed by atoms with van der Waals surface area (Å²) in [5.74, 6) is 2.16. The van der Waals surface area contributed by atoms with Crippen LogP contribution in [0.1, 0.15) is 0 Å². The Morgan fingerprint density at radius 3 is 2.57 bits per heavy atom. The number of aromatic amines is 1. The molecule has 0 bridgehead atoms. The number of fused-ring (bicyclic) bond motifs is 1. The van der Waals surface area contributed by atoms with Gasteiger partial charge in [-0.25, -0.2) is 9.97 Å². The molecule has 3 aromatic heterocycles. The zero-order valence-electron chi connectivity index (χ0n) is 11.4. The van der Waals surface area contributed by atoms with Crippen molar-refractivity contribution in [2.45, 2.75) is 0 Å². The van der Waals surface area contributed by atoms with Crippen LogP contribution in [0.5, 0.6) is 0 Å². The van der Waals surface area contributed by atoms with Gasteiger partial charge in [-0.2, -0.15) is 0 Å². The summed E-state index contributed by atoms with van der Waals surface area (Å²) in [6, 6.07) is 13.8. The van der Waals surface area contributed by atoms with E-state index in [2.05, 4.69) is 25.1 Å². The smallest absolute Gasteiger partial charge is 0.199 e. The van der Waals surface area contributed by atoms with Crippen LogP contribution in [0.3, 0.4) is 0 Å². The number of benzene rings is 1. The molecule has 1 N–H and O–H groups in total. The summed E-state index contributed by atoms with van der Waals surface area (Å²) in [6.45, 7) is 0. The summed E-state index contributed by atoms with van der Waals surface area (Å²) in [5.41, 5.74) is 2.58. The average molecular weight is 276 g/mol. The van der Waals surface area contributed by atoms with E-state index in [1.807, 2.05) is 54.1 Å². The van der Waals surface area contributed by atoms with Crippen molar-refractivity contribution >= 4 is 11.2 Å². The van der Waals surface area contributed by atoms with E-state index in [-0.39, 0.29) is 0 Å². The lowest BCUT2D eigenvalue weighted by Gasteiger charge is -2.01. The molecule has 0 aliphatic rings. The Balaban J connectivity index is 1.85. The molecule has 0 aliphatic carbocycles. The molecule has 0 saturated heterocycles. The second kappa shape index (κ2) is 4.52. The predicted octanol–water partition coefficient (Wildman–Crippen LogP) is 2.42. The first-order valence-corrected chi connectivity index (χ1v) is 6.59. The van der Waals surface area contributed by atoms with Crippen LogP contribution in [0.2, 0.25) is 0 Å². The highest BCUT2D eigenvalue weighted by Crippen LogP contribution is 2.22. The minimum atomic E-state index is 0.667. The molecule has 4 aromatic rings. The number of nitrogens with one attached hydrogen (secondary N) is 1. The molecule has 0 spiro atoms. The molecule has 1 aromatic carbocycles. The molecular formula is C15H12N6. The molecule has 4 rings (SSSR count). The van der Waals surface area contributed by atoms with Gasteiger partial charge in [0.05, 0.1) is 5.52 Å². The molecule has 0 amide bonds. The average Bonchev–Trinajstić information content (AvgIpc) is 3.11. The van der Waals surface area contributed by atoms with Crippen LogP contribution in [0, 0.1) is 0 Å². The van der Waals surface area contributed by atoms with Crippen LogP contribution in [0.15, 0.2) is 48.7 Å². The Kier molecular flexibility index (Phi) is 2.53. The molecule has 6 heteroatoms. The zero-order valence-corrected chi connectivity index (χ0v) is 11.4. The van der Waals surface area contributed by atoms with Crippen LogP contribution >= 0.6 is 0 Å². The Morgan fingerprint density at radius 2 is 1.76 bits per heavy atom. The van der Waals surface area contributed by atoms with Gasteiger partial charge in [0.2, 0.25) is 0 Å². The van der Waals surface area contributed by atoms with Crippen molar-refractivity contribution < 1.29 is 0 Å². The SMILES string of the molecule is Cn1c(-c2ccccc2)nnc1-c1nc2ncccc2[nH]1. The number of rotatable bonds is 2. The number of aromatic nitrogens is 6. The van der Waals surface area contributed by atoms with Gasteiger partial charge in [-0.1, -0.05) is 30.3 Å². The van der Waals surface area contributed by atoms with Crippen LogP contribution in [-0.4, -0.2) is 29.7 Å². The number of pyridine rings is 1. The third-order valence-electron chi connectivity index (χ3n) is 3.38. The van der Waals surface area contributed by atoms with Gasteiger partial charge in [0, 0.05) is 18.8 Å². The summed E-state index contributed by atoms with van der Waals surface area (Å²) < 4.78 is 1.92. The molecule has 0 aliphatic heterocycles. The molecule has 0 fully saturated rings. The van der Waals surface area contributed by atoms with Crippen molar-refractivity contribution in [2.24, 2.45) is 7.05 Å². The molecule has 0 saturated carbocycles. The first-order valence-electron chi connectivity index (χ1n) is 6.59.